The van der Waals surface area contributed by atoms with Crippen molar-refractivity contribution in [3.63, 3.8) is 0 Å². The first-order valence-corrected chi connectivity index (χ1v) is 5.91. The summed E-state index contributed by atoms with van der Waals surface area (Å²) in [5.74, 6) is -3.86. The first-order valence-electron chi connectivity index (χ1n) is 5.13. The molecule has 1 saturated carbocycles. The molecule has 0 saturated heterocycles. The molecule has 0 radical (unpaired) electrons. The summed E-state index contributed by atoms with van der Waals surface area (Å²) in [7, 11) is 0. The maximum absolute atomic E-state index is 13.2. The highest BCUT2D eigenvalue weighted by Gasteiger charge is 2.63. The molecule has 7 heteroatoms. The Kier molecular flexibility index (Phi) is 1.96. The molecule has 2 aliphatic rings. The van der Waals surface area contributed by atoms with E-state index in [1.165, 1.54) is 12.3 Å². The largest absolute Gasteiger partial charge is 0.339 e. The summed E-state index contributed by atoms with van der Waals surface area (Å²) in [6.45, 7) is 1.72. The van der Waals surface area contributed by atoms with Crippen molar-refractivity contribution in [3.8, 4) is 0 Å². The van der Waals surface area contributed by atoms with Gasteiger partial charge in [-0.1, -0.05) is 4.49 Å². The molecular weight excluding hydrogens is 248 g/mol. The van der Waals surface area contributed by atoms with Gasteiger partial charge in [0, 0.05) is 12.5 Å². The predicted molar refractivity (Wildman–Crippen MR) is 56.5 cm³/mol. The Morgan fingerprint density at radius 2 is 2.29 bits per heavy atom. The van der Waals surface area contributed by atoms with Crippen LogP contribution in [0.25, 0.3) is 0 Å². The fourth-order valence-corrected chi connectivity index (χ4v) is 2.86. The molecule has 1 fully saturated rings. The first kappa shape index (κ1) is 10.8. The number of alkyl halides is 2. The SMILES string of the molecule is CC1(c2cnns2)NC(=O)C=C1C1CC1(F)F. The van der Waals surface area contributed by atoms with Crippen LogP contribution in [0.15, 0.2) is 17.8 Å². The third kappa shape index (κ3) is 1.49. The van der Waals surface area contributed by atoms with Gasteiger partial charge in [-0.2, -0.15) is 0 Å². The van der Waals surface area contributed by atoms with E-state index in [1.807, 2.05) is 0 Å². The lowest BCUT2D eigenvalue weighted by Gasteiger charge is -2.26. The van der Waals surface area contributed by atoms with Gasteiger partial charge in [0.05, 0.1) is 22.5 Å². The molecule has 2 unspecified atom stereocenters. The van der Waals surface area contributed by atoms with Crippen molar-refractivity contribution in [2.24, 2.45) is 5.92 Å². The summed E-state index contributed by atoms with van der Waals surface area (Å²) < 4.78 is 30.0. The van der Waals surface area contributed by atoms with Gasteiger partial charge in [-0.25, -0.2) is 8.78 Å². The molecule has 4 nitrogen and oxygen atoms in total. The van der Waals surface area contributed by atoms with E-state index >= 15 is 0 Å². The van der Waals surface area contributed by atoms with Crippen LogP contribution in [0.5, 0.6) is 0 Å². The third-order valence-corrected chi connectivity index (χ3v) is 4.18. The minimum absolute atomic E-state index is 0.185. The molecule has 2 heterocycles. The van der Waals surface area contributed by atoms with E-state index in [1.54, 1.807) is 6.92 Å². The molecule has 1 N–H and O–H groups in total. The van der Waals surface area contributed by atoms with E-state index in [4.69, 9.17) is 0 Å². The number of halogens is 2. The van der Waals surface area contributed by atoms with Crippen molar-refractivity contribution < 1.29 is 13.6 Å². The van der Waals surface area contributed by atoms with Crippen molar-refractivity contribution in [2.45, 2.75) is 24.8 Å². The van der Waals surface area contributed by atoms with Gasteiger partial charge in [-0.3, -0.25) is 4.79 Å². The number of nitrogens with one attached hydrogen (secondary N) is 1. The van der Waals surface area contributed by atoms with Crippen molar-refractivity contribution >= 4 is 17.4 Å². The van der Waals surface area contributed by atoms with Crippen LogP contribution in [0.4, 0.5) is 8.78 Å². The molecule has 17 heavy (non-hydrogen) atoms. The van der Waals surface area contributed by atoms with Crippen LogP contribution in [0, 0.1) is 5.92 Å². The van der Waals surface area contributed by atoms with Crippen LogP contribution in [0.1, 0.15) is 18.2 Å². The third-order valence-electron chi connectivity index (χ3n) is 3.29. The zero-order chi connectivity index (χ0) is 12.3. The molecule has 1 aromatic heterocycles. The van der Waals surface area contributed by atoms with Crippen LogP contribution in [0.3, 0.4) is 0 Å². The zero-order valence-electron chi connectivity index (χ0n) is 8.91. The molecule has 1 aromatic rings. The van der Waals surface area contributed by atoms with Gasteiger partial charge in [0.2, 0.25) is 5.91 Å². The Morgan fingerprint density at radius 1 is 1.59 bits per heavy atom. The van der Waals surface area contributed by atoms with Crippen LogP contribution < -0.4 is 5.32 Å². The number of aromatic nitrogens is 2. The van der Waals surface area contributed by atoms with E-state index < -0.39 is 17.4 Å². The van der Waals surface area contributed by atoms with E-state index in [-0.39, 0.29) is 12.3 Å². The Hall–Kier alpha value is -1.37. The summed E-state index contributed by atoms with van der Waals surface area (Å²) in [5, 5.41) is 6.40. The lowest BCUT2D eigenvalue weighted by Crippen LogP contribution is -2.39. The summed E-state index contributed by atoms with van der Waals surface area (Å²) in [5.41, 5.74) is -0.436. The zero-order valence-corrected chi connectivity index (χ0v) is 9.72. The highest BCUT2D eigenvalue weighted by Crippen LogP contribution is 2.57. The number of carbonyl (C=O) groups is 1. The molecule has 2 atom stereocenters. The number of amides is 1. The minimum Gasteiger partial charge on any atom is -0.339 e. The summed E-state index contributed by atoms with van der Waals surface area (Å²) in [4.78, 5) is 12.1. The molecule has 3 rings (SSSR count). The summed E-state index contributed by atoms with van der Waals surface area (Å²) >= 11 is 1.11. The normalized spacial score (nSPS) is 34.4. The van der Waals surface area contributed by atoms with Gasteiger partial charge >= 0.3 is 0 Å². The number of carbonyl (C=O) groups excluding carboxylic acids is 1. The molecule has 1 aliphatic carbocycles. The van der Waals surface area contributed by atoms with Gasteiger partial charge in [0.15, 0.2) is 0 Å². The second kappa shape index (κ2) is 3.10. The molecule has 1 aliphatic heterocycles. The van der Waals surface area contributed by atoms with Crippen LogP contribution in [-0.4, -0.2) is 21.4 Å². The van der Waals surface area contributed by atoms with Gasteiger partial charge in [0.1, 0.15) is 0 Å². The fraction of sp³-hybridized carbons (Fsp3) is 0.500. The highest BCUT2D eigenvalue weighted by molar-refractivity contribution is 7.05. The van der Waals surface area contributed by atoms with Gasteiger partial charge < -0.3 is 5.32 Å². The predicted octanol–water partition coefficient (Wildman–Crippen LogP) is 1.46. The van der Waals surface area contributed by atoms with Crippen LogP contribution >= 0.6 is 11.5 Å². The maximum Gasteiger partial charge on any atom is 0.255 e. The summed E-state index contributed by atoms with van der Waals surface area (Å²) in [6.07, 6.45) is 2.60. The Morgan fingerprint density at radius 3 is 2.82 bits per heavy atom. The average Bonchev–Trinajstić information content (AvgIpc) is 2.71. The van der Waals surface area contributed by atoms with E-state index in [0.717, 1.165) is 11.5 Å². The molecule has 0 aromatic carbocycles. The Labute approximate surface area is 99.9 Å². The number of rotatable bonds is 2. The topological polar surface area (TPSA) is 54.9 Å². The smallest absolute Gasteiger partial charge is 0.255 e. The monoisotopic (exact) mass is 257 g/mol. The van der Waals surface area contributed by atoms with Crippen molar-refractivity contribution in [2.75, 3.05) is 0 Å². The van der Waals surface area contributed by atoms with Gasteiger partial charge in [-0.05, 0) is 24.0 Å². The second-order valence-electron chi connectivity index (χ2n) is 4.51. The second-order valence-corrected chi connectivity index (χ2v) is 5.30. The van der Waals surface area contributed by atoms with E-state index in [0.29, 0.717) is 10.5 Å². The molecule has 0 spiro atoms. The quantitative estimate of drug-likeness (QED) is 0.872. The van der Waals surface area contributed by atoms with Gasteiger partial charge in [-0.15, -0.1) is 5.10 Å². The van der Waals surface area contributed by atoms with Crippen molar-refractivity contribution in [1.29, 1.82) is 0 Å². The lowest BCUT2D eigenvalue weighted by molar-refractivity contribution is -0.116. The maximum atomic E-state index is 13.2. The van der Waals surface area contributed by atoms with Gasteiger partial charge in [0.25, 0.3) is 5.92 Å². The Balaban J connectivity index is 2.01. The number of nitrogens with zero attached hydrogens (tertiary/aromatic N) is 2. The highest BCUT2D eigenvalue weighted by atomic mass is 32.1. The fourth-order valence-electron chi connectivity index (χ4n) is 2.23. The molecule has 1 amide bonds. The standard InChI is InChI=1S/C10H9F2N3OS/c1-9(7-4-13-15-17-7)5(2-8(16)14-9)6-3-10(6,11)12/h2,4,6H,3H2,1H3,(H,14,16). The molecular formula is C10H9F2N3OS. The first-order chi connectivity index (χ1) is 7.93. The Bertz CT molecular complexity index is 514. The number of hydrogen-bond acceptors (Lipinski definition) is 4. The van der Waals surface area contributed by atoms with E-state index in [2.05, 4.69) is 14.9 Å². The van der Waals surface area contributed by atoms with Crippen molar-refractivity contribution in [3.05, 3.63) is 22.7 Å². The van der Waals surface area contributed by atoms with Crippen molar-refractivity contribution in [1.82, 2.24) is 14.9 Å². The average molecular weight is 257 g/mol. The molecule has 90 valence electrons. The minimum atomic E-state index is -2.68. The van der Waals surface area contributed by atoms with Crippen LogP contribution in [0.2, 0.25) is 0 Å². The number of hydrogen-bond donors (Lipinski definition) is 1. The van der Waals surface area contributed by atoms with E-state index in [9.17, 15) is 13.6 Å². The molecule has 0 bridgehead atoms. The lowest BCUT2D eigenvalue weighted by atomic mass is 9.89. The summed E-state index contributed by atoms with van der Waals surface area (Å²) in [6, 6.07) is 0. The van der Waals surface area contributed by atoms with Crippen LogP contribution in [-0.2, 0) is 10.3 Å².